The molecule has 1 saturated carbocycles. The molecular weight excluding hydrogens is 252 g/mol. The minimum Gasteiger partial charge on any atom is -0.478 e. The molecule has 2 N–H and O–H groups in total. The highest BCUT2D eigenvalue weighted by molar-refractivity contribution is 6.04. The third-order valence-corrected chi connectivity index (χ3v) is 3.79. The number of aromatic nitrogens is 1. The van der Waals surface area contributed by atoms with Crippen molar-refractivity contribution >= 4 is 22.6 Å². The van der Waals surface area contributed by atoms with Gasteiger partial charge in [0, 0.05) is 18.1 Å². The normalized spacial score (nSPS) is 14.4. The first-order valence-corrected chi connectivity index (χ1v) is 7.10. The molecule has 1 heterocycles. The molecule has 1 aromatic heterocycles. The summed E-state index contributed by atoms with van der Waals surface area (Å²) in [6.07, 6.45) is 6.48. The first-order chi connectivity index (χ1) is 9.75. The van der Waals surface area contributed by atoms with Gasteiger partial charge < -0.3 is 10.4 Å². The lowest BCUT2D eigenvalue weighted by Crippen LogP contribution is -2.09. The van der Waals surface area contributed by atoms with Gasteiger partial charge in [-0.25, -0.2) is 4.79 Å². The summed E-state index contributed by atoms with van der Waals surface area (Å²) >= 11 is 0. The van der Waals surface area contributed by atoms with Gasteiger partial charge in [-0.3, -0.25) is 4.98 Å². The van der Waals surface area contributed by atoms with Gasteiger partial charge in [0.15, 0.2) is 0 Å². The van der Waals surface area contributed by atoms with E-state index in [0.717, 1.165) is 29.8 Å². The van der Waals surface area contributed by atoms with Crippen LogP contribution in [0.5, 0.6) is 0 Å². The maximum atomic E-state index is 11.3. The first-order valence-electron chi connectivity index (χ1n) is 7.10. The van der Waals surface area contributed by atoms with Crippen molar-refractivity contribution in [2.24, 2.45) is 5.92 Å². The van der Waals surface area contributed by atoms with Crippen LogP contribution in [0.25, 0.3) is 10.9 Å². The maximum absolute atomic E-state index is 11.3. The van der Waals surface area contributed by atoms with Crippen LogP contribution >= 0.6 is 0 Å². The summed E-state index contributed by atoms with van der Waals surface area (Å²) in [5.74, 6) is -0.0297. The van der Waals surface area contributed by atoms with Crippen LogP contribution in [-0.4, -0.2) is 22.6 Å². The molecule has 0 amide bonds. The van der Waals surface area contributed by atoms with Crippen molar-refractivity contribution in [1.82, 2.24) is 4.98 Å². The van der Waals surface area contributed by atoms with Crippen molar-refractivity contribution in [2.75, 3.05) is 11.9 Å². The number of nitrogens with zero attached hydrogens (tertiary/aromatic N) is 1. The minimum atomic E-state index is -0.937. The van der Waals surface area contributed by atoms with E-state index in [-0.39, 0.29) is 5.56 Å². The fraction of sp³-hybridized carbons (Fsp3) is 0.375. The van der Waals surface area contributed by atoms with Crippen LogP contribution in [0.3, 0.4) is 0 Å². The van der Waals surface area contributed by atoms with Crippen LogP contribution in [0.15, 0.2) is 30.5 Å². The molecule has 2 aromatic rings. The predicted octanol–water partition coefficient (Wildman–Crippen LogP) is 3.54. The van der Waals surface area contributed by atoms with Crippen molar-refractivity contribution in [3.05, 3.63) is 36.0 Å². The number of pyridine rings is 1. The third kappa shape index (κ3) is 2.74. The molecule has 1 aliphatic rings. The van der Waals surface area contributed by atoms with E-state index in [1.165, 1.54) is 25.5 Å². The molecule has 1 aliphatic carbocycles. The van der Waals surface area contributed by atoms with Gasteiger partial charge in [-0.15, -0.1) is 0 Å². The Balaban J connectivity index is 1.84. The summed E-state index contributed by atoms with van der Waals surface area (Å²) < 4.78 is 0. The van der Waals surface area contributed by atoms with Gasteiger partial charge in [-0.05, 0) is 24.8 Å². The quantitative estimate of drug-likeness (QED) is 0.788. The Labute approximate surface area is 117 Å². The minimum absolute atomic E-state index is 0.245. The zero-order valence-electron chi connectivity index (χ0n) is 11.3. The summed E-state index contributed by atoms with van der Waals surface area (Å²) in [5, 5.41) is 13.5. The van der Waals surface area contributed by atoms with Crippen molar-refractivity contribution in [3.63, 3.8) is 0 Å². The van der Waals surface area contributed by atoms with E-state index in [4.69, 9.17) is 0 Å². The average molecular weight is 270 g/mol. The molecule has 4 heteroatoms. The fourth-order valence-electron chi connectivity index (χ4n) is 2.50. The number of fused-ring (bicyclic) bond motifs is 1. The van der Waals surface area contributed by atoms with Gasteiger partial charge in [0.05, 0.1) is 11.2 Å². The highest BCUT2D eigenvalue weighted by Gasteiger charge is 2.20. The van der Waals surface area contributed by atoms with Crippen LogP contribution in [0.2, 0.25) is 0 Å². The summed E-state index contributed by atoms with van der Waals surface area (Å²) in [6.45, 7) is 0.810. The molecule has 0 unspecified atom stereocenters. The lowest BCUT2D eigenvalue weighted by molar-refractivity contribution is 0.0697. The van der Waals surface area contributed by atoms with Crippen molar-refractivity contribution in [3.8, 4) is 0 Å². The van der Waals surface area contributed by atoms with E-state index in [1.807, 2.05) is 24.3 Å². The Hall–Kier alpha value is -2.10. The third-order valence-electron chi connectivity index (χ3n) is 3.79. The van der Waals surface area contributed by atoms with Gasteiger partial charge in [-0.2, -0.15) is 0 Å². The lowest BCUT2D eigenvalue weighted by atomic mass is 10.1. The van der Waals surface area contributed by atoms with E-state index >= 15 is 0 Å². The van der Waals surface area contributed by atoms with Crippen LogP contribution < -0.4 is 5.32 Å². The number of carbonyl (C=O) groups is 1. The standard InChI is InChI=1S/C16H18N2O2/c19-16(20)13-10-18-14-6-2-1-5-12(14)15(13)17-9-3-4-11-7-8-11/h1-2,5-6,10-11H,3-4,7-9H2,(H,17,18)(H,19,20). The van der Waals surface area contributed by atoms with Crippen molar-refractivity contribution in [1.29, 1.82) is 0 Å². The zero-order chi connectivity index (χ0) is 13.9. The molecule has 4 nitrogen and oxygen atoms in total. The van der Waals surface area contributed by atoms with Crippen LogP contribution in [0.1, 0.15) is 36.0 Å². The Morgan fingerprint density at radius 1 is 1.35 bits per heavy atom. The number of benzene rings is 1. The Kier molecular flexibility index (Phi) is 3.54. The SMILES string of the molecule is O=C(O)c1cnc2ccccc2c1NCCCC1CC1. The highest BCUT2D eigenvalue weighted by Crippen LogP contribution is 2.33. The molecule has 1 aromatic carbocycles. The Morgan fingerprint density at radius 3 is 2.90 bits per heavy atom. The monoisotopic (exact) mass is 270 g/mol. The number of anilines is 1. The average Bonchev–Trinajstić information content (AvgIpc) is 3.27. The van der Waals surface area contributed by atoms with Crippen molar-refractivity contribution in [2.45, 2.75) is 25.7 Å². The van der Waals surface area contributed by atoms with Gasteiger partial charge in [0.2, 0.25) is 0 Å². The molecule has 3 rings (SSSR count). The molecule has 1 fully saturated rings. The van der Waals surface area contributed by atoms with Crippen LogP contribution in [0.4, 0.5) is 5.69 Å². The first kappa shape index (κ1) is 12.9. The van der Waals surface area contributed by atoms with Gasteiger partial charge in [0.25, 0.3) is 0 Å². The molecule has 0 spiro atoms. The Bertz CT molecular complexity index is 635. The second-order valence-corrected chi connectivity index (χ2v) is 5.38. The number of nitrogens with one attached hydrogen (secondary N) is 1. The number of carboxylic acid groups (broad SMARTS) is 1. The smallest absolute Gasteiger partial charge is 0.339 e. The molecule has 0 radical (unpaired) electrons. The Morgan fingerprint density at radius 2 is 2.15 bits per heavy atom. The van der Waals surface area contributed by atoms with Gasteiger partial charge in [0.1, 0.15) is 5.56 Å². The van der Waals surface area contributed by atoms with E-state index in [0.29, 0.717) is 5.69 Å². The molecule has 20 heavy (non-hydrogen) atoms. The lowest BCUT2D eigenvalue weighted by Gasteiger charge is -2.12. The summed E-state index contributed by atoms with van der Waals surface area (Å²) in [7, 11) is 0. The predicted molar refractivity (Wildman–Crippen MR) is 79.2 cm³/mol. The number of hydrogen-bond acceptors (Lipinski definition) is 3. The summed E-state index contributed by atoms with van der Waals surface area (Å²) in [6, 6.07) is 7.63. The number of rotatable bonds is 6. The van der Waals surface area contributed by atoms with Gasteiger partial charge in [-0.1, -0.05) is 31.0 Å². The second-order valence-electron chi connectivity index (χ2n) is 5.38. The molecule has 0 atom stereocenters. The molecule has 0 bridgehead atoms. The van der Waals surface area contributed by atoms with Crippen LogP contribution in [-0.2, 0) is 0 Å². The molecule has 0 aliphatic heterocycles. The zero-order valence-corrected chi connectivity index (χ0v) is 11.3. The van der Waals surface area contributed by atoms with E-state index in [9.17, 15) is 9.90 Å². The fourth-order valence-corrected chi connectivity index (χ4v) is 2.50. The molecule has 0 saturated heterocycles. The molecule has 104 valence electrons. The van der Waals surface area contributed by atoms with E-state index in [1.54, 1.807) is 0 Å². The maximum Gasteiger partial charge on any atom is 0.339 e. The number of hydrogen-bond donors (Lipinski definition) is 2. The van der Waals surface area contributed by atoms with Gasteiger partial charge >= 0.3 is 5.97 Å². The highest BCUT2D eigenvalue weighted by atomic mass is 16.4. The van der Waals surface area contributed by atoms with Crippen LogP contribution in [0, 0.1) is 5.92 Å². The number of carboxylic acids is 1. The van der Waals surface area contributed by atoms with E-state index in [2.05, 4.69) is 10.3 Å². The number of aromatic carboxylic acids is 1. The topological polar surface area (TPSA) is 62.2 Å². The molecular formula is C16H18N2O2. The summed E-state index contributed by atoms with van der Waals surface area (Å²) in [4.78, 5) is 15.5. The largest absolute Gasteiger partial charge is 0.478 e. The second kappa shape index (κ2) is 5.49. The summed E-state index contributed by atoms with van der Waals surface area (Å²) in [5.41, 5.74) is 1.76. The van der Waals surface area contributed by atoms with E-state index < -0.39 is 5.97 Å². The van der Waals surface area contributed by atoms with Crippen molar-refractivity contribution < 1.29 is 9.90 Å². The number of para-hydroxylation sites is 1.